The molecule has 2 rings (SSSR count). The van der Waals surface area contributed by atoms with Crippen molar-refractivity contribution in [2.75, 3.05) is 13.1 Å². The Kier molecular flexibility index (Phi) is 3.38. The fourth-order valence-corrected chi connectivity index (χ4v) is 2.98. The standard InChI is InChI=1S/C11H16N2OS/c1-2-12-10(14)7-9-11-8(3-5-13-9)4-6-15-11/h4,6,9,13H,2-3,5,7H2,1H3,(H,12,14). The van der Waals surface area contributed by atoms with Crippen molar-refractivity contribution in [3.63, 3.8) is 0 Å². The molecular weight excluding hydrogens is 208 g/mol. The minimum atomic E-state index is 0.135. The number of carbonyl (C=O) groups excluding carboxylic acids is 1. The zero-order valence-corrected chi connectivity index (χ0v) is 9.69. The van der Waals surface area contributed by atoms with Crippen molar-refractivity contribution in [2.24, 2.45) is 0 Å². The normalized spacial score (nSPS) is 19.7. The van der Waals surface area contributed by atoms with Gasteiger partial charge in [-0.05, 0) is 36.9 Å². The second-order valence-corrected chi connectivity index (χ2v) is 4.67. The van der Waals surface area contributed by atoms with E-state index in [2.05, 4.69) is 22.1 Å². The van der Waals surface area contributed by atoms with Crippen LogP contribution in [0.4, 0.5) is 0 Å². The van der Waals surface area contributed by atoms with Gasteiger partial charge in [-0.25, -0.2) is 0 Å². The lowest BCUT2D eigenvalue weighted by Gasteiger charge is -2.23. The van der Waals surface area contributed by atoms with E-state index in [1.807, 2.05) is 6.92 Å². The minimum absolute atomic E-state index is 0.135. The van der Waals surface area contributed by atoms with Gasteiger partial charge >= 0.3 is 0 Å². The van der Waals surface area contributed by atoms with E-state index in [1.165, 1.54) is 10.4 Å². The average Bonchev–Trinajstić information content (AvgIpc) is 2.67. The van der Waals surface area contributed by atoms with Gasteiger partial charge in [0.25, 0.3) is 0 Å². The number of amides is 1. The molecule has 0 radical (unpaired) electrons. The van der Waals surface area contributed by atoms with Crippen molar-refractivity contribution >= 4 is 17.2 Å². The molecule has 0 saturated heterocycles. The molecule has 15 heavy (non-hydrogen) atoms. The summed E-state index contributed by atoms with van der Waals surface area (Å²) in [6, 6.07) is 2.39. The molecule has 1 amide bonds. The summed E-state index contributed by atoms with van der Waals surface area (Å²) in [4.78, 5) is 12.8. The van der Waals surface area contributed by atoms with Crippen molar-refractivity contribution in [1.82, 2.24) is 10.6 Å². The Bertz CT molecular complexity index is 348. The van der Waals surface area contributed by atoms with Crippen LogP contribution in [0.1, 0.15) is 29.8 Å². The molecule has 1 unspecified atom stereocenters. The fourth-order valence-electron chi connectivity index (χ4n) is 1.95. The largest absolute Gasteiger partial charge is 0.356 e. The van der Waals surface area contributed by atoms with Crippen molar-refractivity contribution < 1.29 is 4.79 Å². The molecule has 0 fully saturated rings. The summed E-state index contributed by atoms with van der Waals surface area (Å²) in [7, 11) is 0. The van der Waals surface area contributed by atoms with Gasteiger partial charge < -0.3 is 10.6 Å². The maximum absolute atomic E-state index is 11.5. The van der Waals surface area contributed by atoms with E-state index in [-0.39, 0.29) is 11.9 Å². The Labute approximate surface area is 93.9 Å². The Morgan fingerprint density at radius 2 is 2.60 bits per heavy atom. The fraction of sp³-hybridized carbons (Fsp3) is 0.545. The molecule has 1 aromatic heterocycles. The zero-order chi connectivity index (χ0) is 10.7. The predicted octanol–water partition coefficient (Wildman–Crippen LogP) is 1.46. The third-order valence-corrected chi connectivity index (χ3v) is 3.72. The lowest BCUT2D eigenvalue weighted by Crippen LogP contribution is -2.33. The smallest absolute Gasteiger partial charge is 0.221 e. The Hall–Kier alpha value is -0.870. The summed E-state index contributed by atoms with van der Waals surface area (Å²) in [6.45, 7) is 3.64. The van der Waals surface area contributed by atoms with Crippen LogP contribution in [0, 0.1) is 0 Å². The molecule has 3 nitrogen and oxygen atoms in total. The van der Waals surface area contributed by atoms with Crippen LogP contribution in [0.15, 0.2) is 11.4 Å². The molecule has 1 aromatic rings. The van der Waals surface area contributed by atoms with Crippen molar-refractivity contribution in [2.45, 2.75) is 25.8 Å². The van der Waals surface area contributed by atoms with Crippen LogP contribution >= 0.6 is 11.3 Å². The van der Waals surface area contributed by atoms with Crippen molar-refractivity contribution in [3.8, 4) is 0 Å². The van der Waals surface area contributed by atoms with E-state index in [0.29, 0.717) is 13.0 Å². The molecule has 2 heterocycles. The third-order valence-electron chi connectivity index (χ3n) is 2.65. The van der Waals surface area contributed by atoms with E-state index in [9.17, 15) is 4.79 Å². The first kappa shape index (κ1) is 10.6. The van der Waals surface area contributed by atoms with E-state index < -0.39 is 0 Å². The molecule has 0 saturated carbocycles. The van der Waals surface area contributed by atoms with Gasteiger partial charge in [0.2, 0.25) is 5.91 Å². The van der Waals surface area contributed by atoms with Gasteiger partial charge in [0.15, 0.2) is 0 Å². The Balaban J connectivity index is 2.03. The highest BCUT2D eigenvalue weighted by molar-refractivity contribution is 7.10. The molecule has 0 aliphatic carbocycles. The maximum Gasteiger partial charge on any atom is 0.221 e. The highest BCUT2D eigenvalue weighted by Crippen LogP contribution is 2.29. The molecular formula is C11H16N2OS. The number of carbonyl (C=O) groups is 1. The van der Waals surface area contributed by atoms with Gasteiger partial charge in [-0.2, -0.15) is 0 Å². The zero-order valence-electron chi connectivity index (χ0n) is 8.88. The van der Waals surface area contributed by atoms with E-state index in [4.69, 9.17) is 0 Å². The quantitative estimate of drug-likeness (QED) is 0.816. The molecule has 2 N–H and O–H groups in total. The van der Waals surface area contributed by atoms with Crippen LogP contribution in [0.25, 0.3) is 0 Å². The highest BCUT2D eigenvalue weighted by Gasteiger charge is 2.22. The monoisotopic (exact) mass is 224 g/mol. The van der Waals surface area contributed by atoms with Gasteiger partial charge in [0.05, 0.1) is 6.04 Å². The molecule has 4 heteroatoms. The summed E-state index contributed by atoms with van der Waals surface area (Å²) in [6.07, 6.45) is 1.64. The predicted molar refractivity (Wildman–Crippen MR) is 62.1 cm³/mol. The number of fused-ring (bicyclic) bond motifs is 1. The lowest BCUT2D eigenvalue weighted by molar-refractivity contribution is -0.121. The van der Waals surface area contributed by atoms with Crippen molar-refractivity contribution in [1.29, 1.82) is 0 Å². The van der Waals surface area contributed by atoms with Gasteiger partial charge in [0, 0.05) is 17.8 Å². The number of hydrogen-bond donors (Lipinski definition) is 2. The Morgan fingerprint density at radius 3 is 3.40 bits per heavy atom. The average molecular weight is 224 g/mol. The minimum Gasteiger partial charge on any atom is -0.356 e. The first-order chi connectivity index (χ1) is 7.31. The second kappa shape index (κ2) is 4.77. The highest BCUT2D eigenvalue weighted by atomic mass is 32.1. The number of thiophene rings is 1. The molecule has 1 atom stereocenters. The molecule has 0 aromatic carbocycles. The number of rotatable bonds is 3. The van der Waals surface area contributed by atoms with Crippen LogP contribution < -0.4 is 10.6 Å². The summed E-state index contributed by atoms with van der Waals surface area (Å²) >= 11 is 1.75. The second-order valence-electron chi connectivity index (χ2n) is 3.72. The number of nitrogens with one attached hydrogen (secondary N) is 2. The summed E-state index contributed by atoms with van der Waals surface area (Å²) < 4.78 is 0. The lowest BCUT2D eigenvalue weighted by atomic mass is 10.0. The van der Waals surface area contributed by atoms with Crippen molar-refractivity contribution in [3.05, 3.63) is 21.9 Å². The molecule has 0 bridgehead atoms. The molecule has 1 aliphatic heterocycles. The maximum atomic E-state index is 11.5. The SMILES string of the molecule is CCNC(=O)CC1NCCc2ccsc21. The van der Waals surface area contributed by atoms with Crippen LogP contribution in [-0.2, 0) is 11.2 Å². The van der Waals surface area contributed by atoms with E-state index in [1.54, 1.807) is 11.3 Å². The first-order valence-corrected chi connectivity index (χ1v) is 6.25. The van der Waals surface area contributed by atoms with Crippen LogP contribution in [0.2, 0.25) is 0 Å². The van der Waals surface area contributed by atoms with Gasteiger partial charge in [-0.1, -0.05) is 0 Å². The molecule has 1 aliphatic rings. The molecule has 0 spiro atoms. The van der Waals surface area contributed by atoms with Crippen LogP contribution in [0.5, 0.6) is 0 Å². The van der Waals surface area contributed by atoms with Crippen LogP contribution in [0.3, 0.4) is 0 Å². The first-order valence-electron chi connectivity index (χ1n) is 5.37. The summed E-state index contributed by atoms with van der Waals surface area (Å²) in [5.74, 6) is 0.135. The van der Waals surface area contributed by atoms with Gasteiger partial charge in [-0.3, -0.25) is 4.79 Å². The topological polar surface area (TPSA) is 41.1 Å². The van der Waals surface area contributed by atoms with Gasteiger partial charge in [-0.15, -0.1) is 11.3 Å². The summed E-state index contributed by atoms with van der Waals surface area (Å²) in [5.41, 5.74) is 1.41. The van der Waals surface area contributed by atoms with E-state index in [0.717, 1.165) is 13.0 Å². The number of hydrogen-bond acceptors (Lipinski definition) is 3. The van der Waals surface area contributed by atoms with Crippen LogP contribution in [-0.4, -0.2) is 19.0 Å². The van der Waals surface area contributed by atoms with Gasteiger partial charge in [0.1, 0.15) is 0 Å². The Morgan fingerprint density at radius 1 is 1.73 bits per heavy atom. The molecule has 82 valence electrons. The van der Waals surface area contributed by atoms with E-state index >= 15 is 0 Å². The summed E-state index contributed by atoms with van der Waals surface area (Å²) in [5, 5.41) is 8.36. The third kappa shape index (κ3) is 2.38.